The molecule has 104 valence electrons. The van der Waals surface area contributed by atoms with Crippen molar-refractivity contribution in [2.45, 2.75) is 38.3 Å². The van der Waals surface area contributed by atoms with Gasteiger partial charge in [-0.3, -0.25) is 4.90 Å². The van der Waals surface area contributed by atoms with Crippen LogP contribution in [0.2, 0.25) is 0 Å². The van der Waals surface area contributed by atoms with Crippen LogP contribution in [0.25, 0.3) is 0 Å². The minimum Gasteiger partial charge on any atom is -0.314 e. The molecule has 0 amide bonds. The lowest BCUT2D eigenvalue weighted by molar-refractivity contribution is 0.175. The predicted octanol–water partition coefficient (Wildman–Crippen LogP) is 2.79. The Morgan fingerprint density at radius 2 is 1.74 bits per heavy atom. The maximum Gasteiger partial charge on any atom is 0.123 e. The number of nitrogens with one attached hydrogen (secondary N) is 1. The fourth-order valence-electron chi connectivity index (χ4n) is 2.82. The first-order valence-electron chi connectivity index (χ1n) is 7.50. The summed E-state index contributed by atoms with van der Waals surface area (Å²) in [6, 6.07) is 7.74. The summed E-state index contributed by atoms with van der Waals surface area (Å²) in [5, 5.41) is 3.64. The molecule has 0 spiro atoms. The maximum absolute atomic E-state index is 12.9. The SMILES string of the molecule is Fc1ccc(CN2CCC(CNC3CC3)CC2)cc1. The molecule has 2 aliphatic rings. The second kappa shape index (κ2) is 6.02. The largest absolute Gasteiger partial charge is 0.314 e. The molecular formula is C16H23FN2. The normalized spacial score (nSPS) is 21.7. The third-order valence-electron chi connectivity index (χ3n) is 4.30. The average Bonchev–Trinajstić information content (AvgIpc) is 3.25. The van der Waals surface area contributed by atoms with Crippen molar-refractivity contribution in [3.8, 4) is 0 Å². The van der Waals surface area contributed by atoms with Crippen molar-refractivity contribution in [3.05, 3.63) is 35.6 Å². The van der Waals surface area contributed by atoms with Crippen molar-refractivity contribution in [1.82, 2.24) is 10.2 Å². The van der Waals surface area contributed by atoms with Gasteiger partial charge in [0.25, 0.3) is 0 Å². The fraction of sp³-hybridized carbons (Fsp3) is 0.625. The van der Waals surface area contributed by atoms with E-state index >= 15 is 0 Å². The first-order valence-corrected chi connectivity index (χ1v) is 7.50. The predicted molar refractivity (Wildman–Crippen MR) is 75.4 cm³/mol. The first kappa shape index (κ1) is 13.1. The van der Waals surface area contributed by atoms with E-state index < -0.39 is 0 Å². The summed E-state index contributed by atoms with van der Waals surface area (Å²) in [7, 11) is 0. The lowest BCUT2D eigenvalue weighted by atomic mass is 9.96. The van der Waals surface area contributed by atoms with E-state index in [2.05, 4.69) is 10.2 Å². The molecule has 1 N–H and O–H groups in total. The van der Waals surface area contributed by atoms with Gasteiger partial charge in [-0.05, 0) is 68.9 Å². The van der Waals surface area contributed by atoms with Crippen molar-refractivity contribution in [2.75, 3.05) is 19.6 Å². The highest BCUT2D eigenvalue weighted by atomic mass is 19.1. The van der Waals surface area contributed by atoms with Crippen LogP contribution in [0.4, 0.5) is 4.39 Å². The molecule has 1 aromatic carbocycles. The molecule has 1 aliphatic heterocycles. The van der Waals surface area contributed by atoms with Gasteiger partial charge in [0.15, 0.2) is 0 Å². The summed E-state index contributed by atoms with van der Waals surface area (Å²) < 4.78 is 12.9. The molecule has 3 heteroatoms. The van der Waals surface area contributed by atoms with Crippen molar-refractivity contribution >= 4 is 0 Å². The molecule has 3 rings (SSSR count). The molecule has 19 heavy (non-hydrogen) atoms. The third kappa shape index (κ3) is 4.02. The van der Waals surface area contributed by atoms with Crippen molar-refractivity contribution in [3.63, 3.8) is 0 Å². The van der Waals surface area contributed by atoms with Gasteiger partial charge in [0.1, 0.15) is 5.82 Å². The lowest BCUT2D eigenvalue weighted by Crippen LogP contribution is -2.37. The van der Waals surface area contributed by atoms with Gasteiger partial charge in [-0.2, -0.15) is 0 Å². The number of hydrogen-bond acceptors (Lipinski definition) is 2. The van der Waals surface area contributed by atoms with E-state index in [1.165, 1.54) is 50.9 Å². The summed E-state index contributed by atoms with van der Waals surface area (Å²) >= 11 is 0. The molecule has 0 bridgehead atoms. The Bertz CT molecular complexity index is 392. The van der Waals surface area contributed by atoms with Crippen LogP contribution in [0.1, 0.15) is 31.2 Å². The molecule has 0 radical (unpaired) electrons. The van der Waals surface area contributed by atoms with Crippen LogP contribution in [-0.4, -0.2) is 30.6 Å². The molecule has 0 unspecified atom stereocenters. The molecule has 2 nitrogen and oxygen atoms in total. The molecule has 0 atom stereocenters. The minimum absolute atomic E-state index is 0.145. The van der Waals surface area contributed by atoms with Gasteiger partial charge in [0, 0.05) is 12.6 Å². The zero-order chi connectivity index (χ0) is 13.1. The van der Waals surface area contributed by atoms with Crippen LogP contribution in [0.3, 0.4) is 0 Å². The van der Waals surface area contributed by atoms with E-state index in [1.807, 2.05) is 12.1 Å². The Kier molecular flexibility index (Phi) is 4.14. The Balaban J connectivity index is 1.40. The highest BCUT2D eigenvalue weighted by Gasteiger charge is 2.24. The number of likely N-dealkylation sites (tertiary alicyclic amines) is 1. The van der Waals surface area contributed by atoms with E-state index in [1.54, 1.807) is 12.1 Å². The summed E-state index contributed by atoms with van der Waals surface area (Å²) in [5.74, 6) is 0.707. The number of rotatable bonds is 5. The van der Waals surface area contributed by atoms with Gasteiger partial charge in [0.2, 0.25) is 0 Å². The summed E-state index contributed by atoms with van der Waals surface area (Å²) in [6.45, 7) is 4.51. The molecular weight excluding hydrogens is 239 g/mol. The number of nitrogens with zero attached hydrogens (tertiary/aromatic N) is 1. The number of benzene rings is 1. The van der Waals surface area contributed by atoms with Gasteiger partial charge in [-0.25, -0.2) is 4.39 Å². The molecule has 1 heterocycles. The molecule has 2 fully saturated rings. The van der Waals surface area contributed by atoms with Crippen LogP contribution < -0.4 is 5.32 Å². The van der Waals surface area contributed by atoms with E-state index in [0.29, 0.717) is 0 Å². The first-order chi connectivity index (χ1) is 9.29. The van der Waals surface area contributed by atoms with Gasteiger partial charge in [-0.15, -0.1) is 0 Å². The average molecular weight is 262 g/mol. The quantitative estimate of drug-likeness (QED) is 0.878. The zero-order valence-electron chi connectivity index (χ0n) is 11.4. The van der Waals surface area contributed by atoms with Crippen LogP contribution in [-0.2, 0) is 6.54 Å². The molecule has 1 aliphatic carbocycles. The zero-order valence-corrected chi connectivity index (χ0v) is 11.4. The Hall–Kier alpha value is -0.930. The van der Waals surface area contributed by atoms with Gasteiger partial charge in [-0.1, -0.05) is 12.1 Å². The lowest BCUT2D eigenvalue weighted by Gasteiger charge is -2.32. The Labute approximate surface area is 115 Å². The van der Waals surface area contributed by atoms with Crippen LogP contribution in [0.5, 0.6) is 0 Å². The highest BCUT2D eigenvalue weighted by Crippen LogP contribution is 2.22. The summed E-state index contributed by atoms with van der Waals surface area (Å²) in [4.78, 5) is 2.49. The standard InChI is InChI=1S/C16H23FN2/c17-15-3-1-14(2-4-15)12-19-9-7-13(8-10-19)11-18-16-5-6-16/h1-4,13,16,18H,5-12H2. The highest BCUT2D eigenvalue weighted by molar-refractivity contribution is 5.15. The van der Waals surface area contributed by atoms with Crippen molar-refractivity contribution in [2.24, 2.45) is 5.92 Å². The smallest absolute Gasteiger partial charge is 0.123 e. The van der Waals surface area contributed by atoms with Crippen LogP contribution in [0, 0.1) is 11.7 Å². The number of halogens is 1. The topological polar surface area (TPSA) is 15.3 Å². The van der Waals surface area contributed by atoms with E-state index in [0.717, 1.165) is 18.5 Å². The molecule has 1 saturated carbocycles. The number of hydrogen-bond donors (Lipinski definition) is 1. The second-order valence-corrected chi connectivity index (χ2v) is 6.03. The minimum atomic E-state index is -0.145. The third-order valence-corrected chi connectivity index (χ3v) is 4.30. The second-order valence-electron chi connectivity index (χ2n) is 6.03. The number of piperidine rings is 1. The van der Waals surface area contributed by atoms with Crippen molar-refractivity contribution < 1.29 is 4.39 Å². The van der Waals surface area contributed by atoms with E-state index in [-0.39, 0.29) is 5.82 Å². The fourth-order valence-corrected chi connectivity index (χ4v) is 2.82. The van der Waals surface area contributed by atoms with Gasteiger partial charge < -0.3 is 5.32 Å². The monoisotopic (exact) mass is 262 g/mol. The van der Waals surface area contributed by atoms with Gasteiger partial charge in [0.05, 0.1) is 0 Å². The summed E-state index contributed by atoms with van der Waals surface area (Å²) in [5.41, 5.74) is 1.22. The van der Waals surface area contributed by atoms with Crippen molar-refractivity contribution in [1.29, 1.82) is 0 Å². The Morgan fingerprint density at radius 1 is 1.05 bits per heavy atom. The molecule has 1 saturated heterocycles. The van der Waals surface area contributed by atoms with Gasteiger partial charge >= 0.3 is 0 Å². The molecule has 0 aromatic heterocycles. The van der Waals surface area contributed by atoms with Crippen LogP contribution in [0.15, 0.2) is 24.3 Å². The summed E-state index contributed by atoms with van der Waals surface area (Å²) in [6.07, 6.45) is 5.34. The molecule has 1 aromatic rings. The van der Waals surface area contributed by atoms with E-state index in [4.69, 9.17) is 0 Å². The van der Waals surface area contributed by atoms with E-state index in [9.17, 15) is 4.39 Å². The Morgan fingerprint density at radius 3 is 2.37 bits per heavy atom. The van der Waals surface area contributed by atoms with Crippen LogP contribution >= 0.6 is 0 Å². The maximum atomic E-state index is 12.9.